The van der Waals surface area contributed by atoms with Crippen LogP contribution < -0.4 is 5.32 Å². The highest BCUT2D eigenvalue weighted by molar-refractivity contribution is 7.99. The van der Waals surface area contributed by atoms with Crippen molar-refractivity contribution < 1.29 is 4.42 Å². The Kier molecular flexibility index (Phi) is 4.39. The van der Waals surface area contributed by atoms with E-state index in [1.54, 1.807) is 6.26 Å². The highest BCUT2D eigenvalue weighted by Gasteiger charge is 2.04. The quantitative estimate of drug-likeness (QED) is 0.738. The van der Waals surface area contributed by atoms with Crippen LogP contribution in [0.1, 0.15) is 19.6 Å². The van der Waals surface area contributed by atoms with Crippen LogP contribution in [0.2, 0.25) is 0 Å². The molecule has 13 heavy (non-hydrogen) atoms. The average molecular weight is 199 g/mol. The van der Waals surface area contributed by atoms with Gasteiger partial charge in [0.1, 0.15) is 5.76 Å². The normalized spacial score (nSPS) is 13.2. The second-order valence-electron chi connectivity index (χ2n) is 3.11. The van der Waals surface area contributed by atoms with Crippen LogP contribution in [0.3, 0.4) is 0 Å². The van der Waals surface area contributed by atoms with Crippen LogP contribution in [0.5, 0.6) is 0 Å². The lowest BCUT2D eigenvalue weighted by atomic mass is 10.4. The zero-order valence-corrected chi connectivity index (χ0v) is 9.28. The Morgan fingerprint density at radius 2 is 2.38 bits per heavy atom. The summed E-state index contributed by atoms with van der Waals surface area (Å²) >= 11 is 1.85. The Labute approximate surface area is 84.1 Å². The van der Waals surface area contributed by atoms with Crippen molar-refractivity contribution in [1.82, 2.24) is 5.32 Å². The number of hydrogen-bond acceptors (Lipinski definition) is 3. The highest BCUT2D eigenvalue weighted by Crippen LogP contribution is 2.23. The van der Waals surface area contributed by atoms with Crippen LogP contribution in [-0.2, 0) is 0 Å². The number of nitrogens with one attached hydrogen (secondary N) is 1. The first kappa shape index (κ1) is 10.7. The van der Waals surface area contributed by atoms with Gasteiger partial charge in [-0.15, -0.1) is 11.8 Å². The molecule has 1 rings (SSSR count). The zero-order valence-electron chi connectivity index (χ0n) is 8.46. The van der Waals surface area contributed by atoms with Crippen LogP contribution in [0, 0.1) is 6.92 Å². The lowest BCUT2D eigenvalue weighted by Gasteiger charge is -2.10. The van der Waals surface area contributed by atoms with Gasteiger partial charge in [0.25, 0.3) is 0 Å². The van der Waals surface area contributed by atoms with Crippen molar-refractivity contribution in [1.29, 1.82) is 0 Å². The summed E-state index contributed by atoms with van der Waals surface area (Å²) in [6.45, 7) is 7.36. The van der Waals surface area contributed by atoms with Gasteiger partial charge < -0.3 is 9.73 Å². The van der Waals surface area contributed by atoms with Crippen LogP contribution >= 0.6 is 11.8 Å². The minimum atomic E-state index is 0.560. The maximum absolute atomic E-state index is 5.22. The molecular formula is C10H17NOS. The van der Waals surface area contributed by atoms with E-state index in [9.17, 15) is 0 Å². The first-order valence-electron chi connectivity index (χ1n) is 4.64. The van der Waals surface area contributed by atoms with E-state index >= 15 is 0 Å². The van der Waals surface area contributed by atoms with Crippen molar-refractivity contribution in [3.63, 3.8) is 0 Å². The van der Waals surface area contributed by atoms with E-state index in [0.29, 0.717) is 6.04 Å². The first-order chi connectivity index (χ1) is 6.24. The Bertz CT molecular complexity index is 247. The van der Waals surface area contributed by atoms with Gasteiger partial charge in [-0.2, -0.15) is 0 Å². The molecule has 0 aliphatic carbocycles. The number of furan rings is 1. The van der Waals surface area contributed by atoms with Gasteiger partial charge in [-0.25, -0.2) is 0 Å². The van der Waals surface area contributed by atoms with Crippen molar-refractivity contribution in [3.05, 3.63) is 18.1 Å². The van der Waals surface area contributed by atoms with E-state index in [2.05, 4.69) is 19.2 Å². The largest absolute Gasteiger partial charge is 0.468 e. The van der Waals surface area contributed by atoms with Crippen molar-refractivity contribution in [2.24, 2.45) is 0 Å². The number of hydrogen-bond donors (Lipinski definition) is 1. The van der Waals surface area contributed by atoms with Crippen LogP contribution in [0.15, 0.2) is 21.6 Å². The first-order valence-corrected chi connectivity index (χ1v) is 5.63. The standard InChI is InChI=1S/C10H17NOS/c1-4-11-8(2)7-13-10-5-6-12-9(10)3/h5-6,8,11H,4,7H2,1-3H3. The van der Waals surface area contributed by atoms with Gasteiger partial charge in [-0.1, -0.05) is 6.92 Å². The fourth-order valence-electron chi connectivity index (χ4n) is 1.15. The molecule has 0 bridgehead atoms. The van der Waals surface area contributed by atoms with Crippen molar-refractivity contribution in [2.45, 2.75) is 31.7 Å². The van der Waals surface area contributed by atoms with E-state index in [-0.39, 0.29) is 0 Å². The third kappa shape index (κ3) is 3.44. The second kappa shape index (κ2) is 5.35. The number of rotatable bonds is 5. The van der Waals surface area contributed by atoms with Gasteiger partial charge in [0, 0.05) is 16.7 Å². The summed E-state index contributed by atoms with van der Waals surface area (Å²) in [5.41, 5.74) is 0. The van der Waals surface area contributed by atoms with Gasteiger partial charge in [0.05, 0.1) is 6.26 Å². The molecule has 1 atom stereocenters. The molecule has 1 aromatic rings. The van der Waals surface area contributed by atoms with E-state index in [0.717, 1.165) is 18.1 Å². The molecule has 0 aromatic carbocycles. The van der Waals surface area contributed by atoms with Crippen molar-refractivity contribution >= 4 is 11.8 Å². The van der Waals surface area contributed by atoms with Gasteiger partial charge in [0.15, 0.2) is 0 Å². The third-order valence-corrected chi connectivity index (χ3v) is 3.25. The summed E-state index contributed by atoms with van der Waals surface area (Å²) in [4.78, 5) is 1.25. The predicted octanol–water partition coefficient (Wildman–Crippen LogP) is 2.68. The monoisotopic (exact) mass is 199 g/mol. The molecule has 0 fully saturated rings. The topological polar surface area (TPSA) is 25.2 Å². The molecule has 1 unspecified atom stereocenters. The smallest absolute Gasteiger partial charge is 0.114 e. The number of thioether (sulfide) groups is 1. The molecule has 0 saturated carbocycles. The summed E-state index contributed by atoms with van der Waals surface area (Å²) in [6, 6.07) is 2.59. The maximum atomic E-state index is 5.22. The molecule has 0 spiro atoms. The maximum Gasteiger partial charge on any atom is 0.114 e. The molecule has 1 heterocycles. The molecule has 0 saturated heterocycles. The van der Waals surface area contributed by atoms with Crippen LogP contribution in [0.25, 0.3) is 0 Å². The zero-order chi connectivity index (χ0) is 9.68. The van der Waals surface area contributed by atoms with Gasteiger partial charge in [-0.05, 0) is 26.5 Å². The molecule has 0 aliphatic rings. The Balaban J connectivity index is 2.30. The van der Waals surface area contributed by atoms with E-state index in [1.165, 1.54) is 4.90 Å². The van der Waals surface area contributed by atoms with Gasteiger partial charge in [0.2, 0.25) is 0 Å². The predicted molar refractivity (Wildman–Crippen MR) is 57.3 cm³/mol. The van der Waals surface area contributed by atoms with Crippen LogP contribution in [-0.4, -0.2) is 18.3 Å². The lowest BCUT2D eigenvalue weighted by Crippen LogP contribution is -2.27. The molecule has 2 nitrogen and oxygen atoms in total. The summed E-state index contributed by atoms with van der Waals surface area (Å²) in [5.74, 6) is 2.11. The minimum Gasteiger partial charge on any atom is -0.468 e. The minimum absolute atomic E-state index is 0.560. The average Bonchev–Trinajstić information content (AvgIpc) is 2.48. The van der Waals surface area contributed by atoms with E-state index in [1.807, 2.05) is 24.8 Å². The van der Waals surface area contributed by atoms with Gasteiger partial charge in [-0.3, -0.25) is 0 Å². The fourth-order valence-corrected chi connectivity index (χ4v) is 2.10. The van der Waals surface area contributed by atoms with Crippen molar-refractivity contribution in [3.8, 4) is 0 Å². The molecule has 0 amide bonds. The van der Waals surface area contributed by atoms with Gasteiger partial charge >= 0.3 is 0 Å². The molecule has 0 radical (unpaired) electrons. The molecular weight excluding hydrogens is 182 g/mol. The molecule has 1 aromatic heterocycles. The fraction of sp³-hybridized carbons (Fsp3) is 0.600. The van der Waals surface area contributed by atoms with Crippen LogP contribution in [0.4, 0.5) is 0 Å². The third-order valence-electron chi connectivity index (χ3n) is 1.85. The highest BCUT2D eigenvalue weighted by atomic mass is 32.2. The summed E-state index contributed by atoms with van der Waals surface area (Å²) in [5, 5.41) is 3.38. The SMILES string of the molecule is CCNC(C)CSc1ccoc1C. The molecule has 74 valence electrons. The Morgan fingerprint density at radius 1 is 1.62 bits per heavy atom. The molecule has 0 aliphatic heterocycles. The molecule has 3 heteroatoms. The van der Waals surface area contributed by atoms with E-state index < -0.39 is 0 Å². The summed E-state index contributed by atoms with van der Waals surface area (Å²) in [7, 11) is 0. The molecule has 1 N–H and O–H groups in total. The Hall–Kier alpha value is -0.410. The Morgan fingerprint density at radius 3 is 2.92 bits per heavy atom. The second-order valence-corrected chi connectivity index (χ2v) is 4.17. The lowest BCUT2D eigenvalue weighted by molar-refractivity contribution is 0.526. The summed E-state index contributed by atoms with van der Waals surface area (Å²) < 4.78 is 5.22. The van der Waals surface area contributed by atoms with E-state index in [4.69, 9.17) is 4.42 Å². The summed E-state index contributed by atoms with van der Waals surface area (Å²) in [6.07, 6.45) is 1.75. The van der Waals surface area contributed by atoms with Crippen molar-refractivity contribution in [2.75, 3.05) is 12.3 Å². The number of aryl methyl sites for hydroxylation is 1.